The highest BCUT2D eigenvalue weighted by Gasteiger charge is 2.09. The molecule has 2 rings (SSSR count). The lowest BCUT2D eigenvalue weighted by Crippen LogP contribution is -2.13. The van der Waals surface area contributed by atoms with Gasteiger partial charge in [-0.1, -0.05) is 17.7 Å². The summed E-state index contributed by atoms with van der Waals surface area (Å²) in [6.45, 7) is 3.50. The fraction of sp³-hybridized carbons (Fsp3) is 0.133. The molecule has 98 valence electrons. The third-order valence-electron chi connectivity index (χ3n) is 2.87. The molecule has 0 aliphatic heterocycles. The van der Waals surface area contributed by atoms with Crippen LogP contribution >= 0.6 is 11.6 Å². The number of hydrogen-bond acceptors (Lipinski definition) is 1. The first-order valence-corrected chi connectivity index (χ1v) is 6.19. The average molecular weight is 278 g/mol. The van der Waals surface area contributed by atoms with Crippen LogP contribution in [0.1, 0.15) is 21.5 Å². The lowest BCUT2D eigenvalue weighted by molar-refractivity contribution is 0.102. The SMILES string of the molecule is Cc1ccc(C(=O)Nc2ccc(Cl)cc2C)cc1F. The number of halogens is 2. The van der Waals surface area contributed by atoms with E-state index in [2.05, 4.69) is 5.32 Å². The monoisotopic (exact) mass is 277 g/mol. The van der Waals surface area contributed by atoms with Crippen molar-refractivity contribution in [3.63, 3.8) is 0 Å². The van der Waals surface area contributed by atoms with Gasteiger partial charge in [0.25, 0.3) is 5.91 Å². The van der Waals surface area contributed by atoms with Gasteiger partial charge in [0, 0.05) is 16.3 Å². The predicted molar refractivity (Wildman–Crippen MR) is 75.3 cm³/mol. The molecule has 0 aliphatic rings. The normalized spacial score (nSPS) is 10.3. The quantitative estimate of drug-likeness (QED) is 0.869. The second-order valence-corrected chi connectivity index (χ2v) is 4.81. The lowest BCUT2D eigenvalue weighted by atomic mass is 10.1. The van der Waals surface area contributed by atoms with Gasteiger partial charge < -0.3 is 5.32 Å². The van der Waals surface area contributed by atoms with Crippen LogP contribution in [0.15, 0.2) is 36.4 Å². The summed E-state index contributed by atoms with van der Waals surface area (Å²) >= 11 is 5.85. The molecule has 0 radical (unpaired) electrons. The van der Waals surface area contributed by atoms with E-state index < -0.39 is 0 Å². The first-order chi connectivity index (χ1) is 8.97. The summed E-state index contributed by atoms with van der Waals surface area (Å²) in [6.07, 6.45) is 0. The molecule has 0 fully saturated rings. The Bertz CT molecular complexity index is 640. The van der Waals surface area contributed by atoms with Gasteiger partial charge in [-0.2, -0.15) is 0 Å². The van der Waals surface area contributed by atoms with E-state index in [0.717, 1.165) is 5.56 Å². The highest BCUT2D eigenvalue weighted by molar-refractivity contribution is 6.30. The van der Waals surface area contributed by atoms with E-state index in [0.29, 0.717) is 16.3 Å². The zero-order chi connectivity index (χ0) is 14.0. The Balaban J connectivity index is 2.23. The Kier molecular flexibility index (Phi) is 3.86. The molecule has 0 bridgehead atoms. The topological polar surface area (TPSA) is 29.1 Å². The Labute approximate surface area is 116 Å². The standard InChI is InChI=1S/C15H13ClFNO/c1-9-3-4-11(8-13(9)17)15(19)18-14-6-5-12(16)7-10(14)2/h3-8H,1-2H3,(H,18,19). The molecule has 2 nitrogen and oxygen atoms in total. The molecule has 0 spiro atoms. The van der Waals surface area contributed by atoms with E-state index in [1.165, 1.54) is 6.07 Å². The average Bonchev–Trinajstić information content (AvgIpc) is 2.36. The first kappa shape index (κ1) is 13.6. The largest absolute Gasteiger partial charge is 0.322 e. The molecule has 0 saturated carbocycles. The fourth-order valence-corrected chi connectivity index (χ4v) is 1.92. The molecule has 2 aromatic carbocycles. The molecular formula is C15H13ClFNO. The number of hydrogen-bond donors (Lipinski definition) is 1. The van der Waals surface area contributed by atoms with Crippen molar-refractivity contribution in [2.75, 3.05) is 5.32 Å². The number of nitrogens with one attached hydrogen (secondary N) is 1. The number of aryl methyl sites for hydroxylation is 2. The summed E-state index contributed by atoms with van der Waals surface area (Å²) in [6, 6.07) is 9.58. The fourth-order valence-electron chi connectivity index (χ4n) is 1.70. The molecule has 0 atom stereocenters. The minimum Gasteiger partial charge on any atom is -0.322 e. The molecule has 0 heterocycles. The maximum atomic E-state index is 13.4. The van der Waals surface area contributed by atoms with Gasteiger partial charge in [-0.15, -0.1) is 0 Å². The minimum atomic E-state index is -0.388. The molecule has 4 heteroatoms. The van der Waals surface area contributed by atoms with Crippen molar-refractivity contribution in [1.29, 1.82) is 0 Å². The highest BCUT2D eigenvalue weighted by atomic mass is 35.5. The molecule has 0 aromatic heterocycles. The van der Waals surface area contributed by atoms with Crippen molar-refractivity contribution in [3.8, 4) is 0 Å². The molecular weight excluding hydrogens is 265 g/mol. The minimum absolute atomic E-state index is 0.289. The number of rotatable bonds is 2. The van der Waals surface area contributed by atoms with Crippen molar-refractivity contribution in [2.24, 2.45) is 0 Å². The van der Waals surface area contributed by atoms with Gasteiger partial charge in [0.15, 0.2) is 0 Å². The van der Waals surface area contributed by atoms with Crippen molar-refractivity contribution in [3.05, 3.63) is 63.9 Å². The van der Waals surface area contributed by atoms with E-state index in [1.807, 2.05) is 6.92 Å². The van der Waals surface area contributed by atoms with Crippen molar-refractivity contribution in [2.45, 2.75) is 13.8 Å². The molecule has 19 heavy (non-hydrogen) atoms. The highest BCUT2D eigenvalue weighted by Crippen LogP contribution is 2.20. The third kappa shape index (κ3) is 3.12. The van der Waals surface area contributed by atoms with Crippen molar-refractivity contribution < 1.29 is 9.18 Å². The van der Waals surface area contributed by atoms with E-state index in [1.54, 1.807) is 37.3 Å². The van der Waals surface area contributed by atoms with Crippen LogP contribution in [0.5, 0.6) is 0 Å². The first-order valence-electron chi connectivity index (χ1n) is 5.81. The van der Waals surface area contributed by atoms with Gasteiger partial charge in [-0.25, -0.2) is 4.39 Å². The van der Waals surface area contributed by atoms with Crippen molar-refractivity contribution >= 4 is 23.2 Å². The Hall–Kier alpha value is -1.87. The Morgan fingerprint density at radius 2 is 1.84 bits per heavy atom. The van der Waals surface area contributed by atoms with Crippen LogP contribution in [0.4, 0.5) is 10.1 Å². The van der Waals surface area contributed by atoms with Crippen LogP contribution in [0.3, 0.4) is 0 Å². The van der Waals surface area contributed by atoms with Crippen LogP contribution in [-0.2, 0) is 0 Å². The van der Waals surface area contributed by atoms with Crippen LogP contribution in [0.25, 0.3) is 0 Å². The number of benzene rings is 2. The number of carbonyl (C=O) groups excluding carboxylic acids is 1. The second kappa shape index (κ2) is 5.41. The molecule has 1 amide bonds. The maximum Gasteiger partial charge on any atom is 0.255 e. The van der Waals surface area contributed by atoms with Gasteiger partial charge in [-0.3, -0.25) is 4.79 Å². The summed E-state index contributed by atoms with van der Waals surface area (Å²) in [7, 11) is 0. The maximum absolute atomic E-state index is 13.4. The van der Waals surface area contributed by atoms with Crippen LogP contribution < -0.4 is 5.32 Å². The number of carbonyl (C=O) groups is 1. The predicted octanol–water partition coefficient (Wildman–Crippen LogP) is 4.35. The van der Waals surface area contributed by atoms with Gasteiger partial charge in [0.2, 0.25) is 0 Å². The summed E-state index contributed by atoms with van der Waals surface area (Å²) in [5.41, 5.74) is 2.32. The summed E-state index contributed by atoms with van der Waals surface area (Å²) in [5, 5.41) is 3.34. The smallest absolute Gasteiger partial charge is 0.255 e. The van der Waals surface area contributed by atoms with Gasteiger partial charge in [0.05, 0.1) is 0 Å². The third-order valence-corrected chi connectivity index (χ3v) is 3.11. The summed E-state index contributed by atoms with van der Waals surface area (Å²) in [5.74, 6) is -0.732. The summed E-state index contributed by atoms with van der Waals surface area (Å²) < 4.78 is 13.4. The van der Waals surface area contributed by atoms with E-state index in [-0.39, 0.29) is 17.3 Å². The van der Waals surface area contributed by atoms with E-state index in [4.69, 9.17) is 11.6 Å². The van der Waals surface area contributed by atoms with Gasteiger partial charge in [0.1, 0.15) is 5.82 Å². The number of amides is 1. The Morgan fingerprint density at radius 3 is 2.47 bits per heavy atom. The van der Waals surface area contributed by atoms with Gasteiger partial charge >= 0.3 is 0 Å². The van der Waals surface area contributed by atoms with Crippen LogP contribution in [0, 0.1) is 19.7 Å². The molecule has 1 N–H and O–H groups in total. The second-order valence-electron chi connectivity index (χ2n) is 4.38. The van der Waals surface area contributed by atoms with Crippen LogP contribution in [-0.4, -0.2) is 5.91 Å². The zero-order valence-corrected chi connectivity index (χ0v) is 11.4. The van der Waals surface area contributed by atoms with Crippen molar-refractivity contribution in [1.82, 2.24) is 0 Å². The Morgan fingerprint density at radius 1 is 1.11 bits per heavy atom. The van der Waals surface area contributed by atoms with E-state index >= 15 is 0 Å². The zero-order valence-electron chi connectivity index (χ0n) is 10.6. The lowest BCUT2D eigenvalue weighted by Gasteiger charge is -2.09. The molecule has 2 aromatic rings. The molecule has 0 aliphatic carbocycles. The van der Waals surface area contributed by atoms with Crippen LogP contribution in [0.2, 0.25) is 5.02 Å². The van der Waals surface area contributed by atoms with Gasteiger partial charge in [-0.05, 0) is 55.3 Å². The molecule has 0 unspecified atom stereocenters. The van der Waals surface area contributed by atoms with E-state index in [9.17, 15) is 9.18 Å². The molecule has 0 saturated heterocycles. The summed E-state index contributed by atoms with van der Waals surface area (Å²) in [4.78, 5) is 12.0. The number of anilines is 1.